The Kier molecular flexibility index (Phi) is 8.02. The number of carbonyl (C=O) groups excluding carboxylic acids is 1. The van der Waals surface area contributed by atoms with Crippen LogP contribution in [0.1, 0.15) is 19.3 Å². The molecule has 0 heterocycles. The molecule has 0 saturated heterocycles. The van der Waals surface area contributed by atoms with E-state index in [1.54, 1.807) is 0 Å². The third kappa shape index (κ3) is 7.82. The van der Waals surface area contributed by atoms with Crippen LogP contribution in [0.25, 0.3) is 0 Å². The van der Waals surface area contributed by atoms with E-state index in [4.69, 9.17) is 15.1 Å². The summed E-state index contributed by atoms with van der Waals surface area (Å²) in [5.74, 6) is -0.504. The highest BCUT2D eigenvalue weighted by molar-refractivity contribution is 5.84. The van der Waals surface area contributed by atoms with Gasteiger partial charge in [0.2, 0.25) is 0 Å². The number of carboxylic acid groups (broad SMARTS) is 2. The summed E-state index contributed by atoms with van der Waals surface area (Å²) in [5.41, 5.74) is 0. The molecule has 0 aromatic carbocycles. The minimum atomic E-state index is -1.30. The van der Waals surface area contributed by atoms with Gasteiger partial charge in [0, 0.05) is 13.6 Å². The summed E-state index contributed by atoms with van der Waals surface area (Å²) in [6.07, 6.45) is -1.15. The van der Waals surface area contributed by atoms with Crippen LogP contribution in [-0.2, 0) is 9.63 Å². The van der Waals surface area contributed by atoms with Gasteiger partial charge in [0.25, 0.3) is 5.91 Å². The topological polar surface area (TPSA) is 128 Å². The fourth-order valence-electron chi connectivity index (χ4n) is 1.38. The van der Waals surface area contributed by atoms with Crippen molar-refractivity contribution in [2.75, 3.05) is 20.7 Å². The molecule has 3 amide bonds. The lowest BCUT2D eigenvalue weighted by Gasteiger charge is -2.21. The number of likely N-dealkylation sites (N-methyl/N-ethyl adjacent to an activating group) is 1. The lowest BCUT2D eigenvalue weighted by molar-refractivity contribution is -0.171. The van der Waals surface area contributed by atoms with Crippen LogP contribution < -0.4 is 10.6 Å². The van der Waals surface area contributed by atoms with Crippen molar-refractivity contribution in [2.24, 2.45) is 0 Å². The summed E-state index contributed by atoms with van der Waals surface area (Å²) in [6.45, 7) is 0.253. The molecule has 0 bridgehead atoms. The van der Waals surface area contributed by atoms with E-state index in [0.29, 0.717) is 12.8 Å². The van der Waals surface area contributed by atoms with Crippen LogP contribution in [0.15, 0.2) is 0 Å². The van der Waals surface area contributed by atoms with Crippen LogP contribution in [0.2, 0.25) is 0 Å². The summed E-state index contributed by atoms with van der Waals surface area (Å²) in [4.78, 5) is 37.2. The van der Waals surface area contributed by atoms with E-state index >= 15 is 0 Å². The minimum Gasteiger partial charge on any atom is -0.465 e. The Labute approximate surface area is 110 Å². The van der Waals surface area contributed by atoms with Crippen molar-refractivity contribution >= 4 is 18.1 Å². The Balaban J connectivity index is 4.17. The smallest absolute Gasteiger partial charge is 0.405 e. The second-order valence-corrected chi connectivity index (χ2v) is 3.75. The van der Waals surface area contributed by atoms with E-state index in [0.717, 1.165) is 5.06 Å². The Hall–Kier alpha value is -2.03. The molecule has 1 atom stereocenters. The summed E-state index contributed by atoms with van der Waals surface area (Å²) < 4.78 is 0. The Bertz CT molecular complexity index is 322. The van der Waals surface area contributed by atoms with Gasteiger partial charge in [-0.15, -0.1) is 0 Å². The first-order chi connectivity index (χ1) is 8.88. The van der Waals surface area contributed by atoms with Crippen molar-refractivity contribution in [3.8, 4) is 0 Å². The first-order valence-corrected chi connectivity index (χ1v) is 5.66. The van der Waals surface area contributed by atoms with Crippen molar-refractivity contribution in [3.63, 3.8) is 0 Å². The van der Waals surface area contributed by atoms with Crippen LogP contribution in [0.4, 0.5) is 9.59 Å². The van der Waals surface area contributed by atoms with Crippen LogP contribution in [0.3, 0.4) is 0 Å². The van der Waals surface area contributed by atoms with Gasteiger partial charge in [0.05, 0.1) is 7.11 Å². The number of carbonyl (C=O) groups is 3. The normalized spacial score (nSPS) is 11.5. The molecule has 1 unspecified atom stereocenters. The summed E-state index contributed by atoms with van der Waals surface area (Å²) in [6, 6.07) is -0.910. The predicted octanol–water partition coefficient (Wildman–Crippen LogP) is 0.0803. The van der Waals surface area contributed by atoms with Crippen LogP contribution in [0.5, 0.6) is 0 Å². The van der Waals surface area contributed by atoms with Gasteiger partial charge in [0.15, 0.2) is 0 Å². The number of hydroxylamine groups is 2. The van der Waals surface area contributed by atoms with Crippen LogP contribution in [-0.4, -0.2) is 60.1 Å². The molecule has 4 N–H and O–H groups in total. The molecule has 9 heteroatoms. The maximum atomic E-state index is 11.7. The van der Waals surface area contributed by atoms with Crippen LogP contribution >= 0.6 is 0 Å². The van der Waals surface area contributed by atoms with Gasteiger partial charge in [-0.25, -0.2) is 14.7 Å². The van der Waals surface area contributed by atoms with E-state index in [2.05, 4.69) is 10.6 Å². The summed E-state index contributed by atoms with van der Waals surface area (Å²) in [5, 5.41) is 22.2. The highest BCUT2D eigenvalue weighted by Gasteiger charge is 2.23. The van der Waals surface area contributed by atoms with E-state index in [-0.39, 0.29) is 13.0 Å². The van der Waals surface area contributed by atoms with E-state index in [1.165, 1.54) is 14.2 Å². The first-order valence-electron chi connectivity index (χ1n) is 5.66. The van der Waals surface area contributed by atoms with E-state index in [9.17, 15) is 14.4 Å². The molecule has 0 saturated carbocycles. The van der Waals surface area contributed by atoms with Crippen molar-refractivity contribution < 1.29 is 29.4 Å². The van der Waals surface area contributed by atoms with Gasteiger partial charge in [-0.3, -0.25) is 9.63 Å². The largest absolute Gasteiger partial charge is 0.465 e. The molecule has 110 valence electrons. The fourth-order valence-corrected chi connectivity index (χ4v) is 1.38. The number of hydrogen-bond acceptors (Lipinski definition) is 4. The fraction of sp³-hybridized carbons (Fsp3) is 0.700. The lowest BCUT2D eigenvalue weighted by Crippen LogP contribution is -2.46. The van der Waals surface area contributed by atoms with E-state index in [1.807, 2.05) is 0 Å². The molecule has 0 rings (SSSR count). The number of unbranched alkanes of at least 4 members (excludes halogenated alkanes) is 1. The quantitative estimate of drug-likeness (QED) is 0.367. The van der Waals surface area contributed by atoms with Gasteiger partial charge < -0.3 is 20.8 Å². The average Bonchev–Trinajstić information content (AvgIpc) is 2.34. The second-order valence-electron chi connectivity index (χ2n) is 3.75. The maximum absolute atomic E-state index is 11.7. The Morgan fingerprint density at radius 2 is 1.84 bits per heavy atom. The Morgan fingerprint density at radius 3 is 2.32 bits per heavy atom. The number of nitrogens with one attached hydrogen (secondary N) is 2. The zero-order valence-electron chi connectivity index (χ0n) is 10.9. The Morgan fingerprint density at radius 1 is 1.21 bits per heavy atom. The van der Waals surface area contributed by atoms with Gasteiger partial charge in [-0.2, -0.15) is 0 Å². The average molecular weight is 277 g/mol. The second kappa shape index (κ2) is 8.97. The third-order valence-electron chi connectivity index (χ3n) is 2.38. The lowest BCUT2D eigenvalue weighted by atomic mass is 10.1. The molecule has 0 fully saturated rings. The minimum absolute atomic E-state index is 0.253. The zero-order valence-corrected chi connectivity index (χ0v) is 10.9. The molecular formula is C10H19N3O6. The molecule has 0 aromatic heterocycles. The van der Waals surface area contributed by atoms with Crippen molar-refractivity contribution in [2.45, 2.75) is 25.3 Å². The van der Waals surface area contributed by atoms with Crippen molar-refractivity contribution in [1.82, 2.24) is 15.7 Å². The number of rotatable bonds is 8. The van der Waals surface area contributed by atoms with Gasteiger partial charge in [0.1, 0.15) is 6.04 Å². The summed E-state index contributed by atoms with van der Waals surface area (Å²) >= 11 is 0. The predicted molar refractivity (Wildman–Crippen MR) is 64.6 cm³/mol. The molecule has 0 radical (unpaired) electrons. The number of nitrogens with zero attached hydrogens (tertiary/aromatic N) is 1. The molecular weight excluding hydrogens is 258 g/mol. The molecule has 19 heavy (non-hydrogen) atoms. The molecule has 9 nitrogen and oxygen atoms in total. The number of amides is 3. The molecule has 0 spiro atoms. The van der Waals surface area contributed by atoms with E-state index < -0.39 is 24.1 Å². The highest BCUT2D eigenvalue weighted by Crippen LogP contribution is 2.04. The van der Waals surface area contributed by atoms with Gasteiger partial charge in [-0.05, 0) is 19.3 Å². The van der Waals surface area contributed by atoms with Crippen LogP contribution in [0, 0.1) is 0 Å². The molecule has 0 aliphatic heterocycles. The SMILES string of the molecule is CON(C)C(=O)C(CCCCNC(=O)O)NC(=O)O. The van der Waals surface area contributed by atoms with Crippen molar-refractivity contribution in [1.29, 1.82) is 0 Å². The monoisotopic (exact) mass is 277 g/mol. The zero-order chi connectivity index (χ0) is 14.8. The summed E-state index contributed by atoms with van der Waals surface area (Å²) in [7, 11) is 2.68. The number of hydrogen-bond donors (Lipinski definition) is 4. The highest BCUT2D eigenvalue weighted by atomic mass is 16.7. The standard InChI is InChI=1S/C10H19N3O6/c1-13(19-2)8(14)7(12-10(17)18)5-3-4-6-11-9(15)16/h7,11-12H,3-6H2,1-2H3,(H,15,16)(H,17,18). The van der Waals surface area contributed by atoms with Crippen molar-refractivity contribution in [3.05, 3.63) is 0 Å². The molecule has 0 aliphatic carbocycles. The first kappa shape index (κ1) is 17.0. The maximum Gasteiger partial charge on any atom is 0.405 e. The molecule has 0 aromatic rings. The third-order valence-corrected chi connectivity index (χ3v) is 2.38. The van der Waals surface area contributed by atoms with Gasteiger partial charge >= 0.3 is 12.2 Å². The van der Waals surface area contributed by atoms with Gasteiger partial charge in [-0.1, -0.05) is 0 Å². The molecule has 0 aliphatic rings.